The first kappa shape index (κ1) is 33.2. The second-order valence-corrected chi connectivity index (χ2v) is 16.4. The molecule has 12 rings (SSSR count). The molecule has 2 aliphatic carbocycles. The average Bonchev–Trinajstić information content (AvgIpc) is 3.88. The van der Waals surface area contributed by atoms with Crippen molar-refractivity contribution in [2.45, 2.75) is 24.4 Å². The lowest BCUT2D eigenvalue weighted by atomic mass is 9.86. The van der Waals surface area contributed by atoms with E-state index in [0.29, 0.717) is 23.4 Å². The van der Waals surface area contributed by atoms with Crippen molar-refractivity contribution >= 4 is 58.6 Å². The Hall–Kier alpha value is -6.95. The van der Waals surface area contributed by atoms with Crippen LogP contribution in [-0.4, -0.2) is 21.1 Å². The lowest BCUT2D eigenvalue weighted by Gasteiger charge is -2.18. The van der Waals surface area contributed by atoms with Crippen molar-refractivity contribution < 1.29 is 4.74 Å². The van der Waals surface area contributed by atoms with Gasteiger partial charge in [0.25, 0.3) is 0 Å². The predicted octanol–water partition coefficient (Wildman–Crippen LogP) is 13.6. The first-order chi connectivity index (χ1) is 28.7. The molecule has 3 aliphatic rings. The maximum absolute atomic E-state index is 6.93. The Morgan fingerprint density at radius 2 is 1.31 bits per heavy atom. The minimum absolute atomic E-state index is 0.0248. The largest absolute Gasteiger partial charge is 0.484 e. The highest BCUT2D eigenvalue weighted by atomic mass is 32.1. The third-order valence-electron chi connectivity index (χ3n) is 12.0. The number of fused-ring (bicyclic) bond motifs is 9. The summed E-state index contributed by atoms with van der Waals surface area (Å²) in [6, 6.07) is 50.0. The van der Waals surface area contributed by atoms with Gasteiger partial charge in [-0.1, -0.05) is 146 Å². The van der Waals surface area contributed by atoms with Crippen LogP contribution in [0.15, 0.2) is 182 Å². The van der Waals surface area contributed by atoms with E-state index in [-0.39, 0.29) is 12.0 Å². The van der Waals surface area contributed by atoms with Gasteiger partial charge in [-0.25, -0.2) is 15.0 Å². The minimum Gasteiger partial charge on any atom is -0.484 e. The van der Waals surface area contributed by atoms with Crippen LogP contribution >= 0.6 is 11.3 Å². The van der Waals surface area contributed by atoms with Gasteiger partial charge in [-0.15, -0.1) is 11.3 Å². The number of thiophene rings is 1. The standard InChI is InChI=1S/C53H35N3OS/c1-2-10-32(11-3-1)34-18-21-36(22-19-34)51-54-52(39-23-20-33-12-4-5-14-37(33)30-39)56-53(55-51)44-28-27-40(49-48(44)43-16-8-9-17-46(43)57-49)38-25-29-47-45(31-38)42-26-24-35-13-6-7-15-41(35)50(42)58-47/h1-18,20-31,34,43,46H,19H2. The van der Waals surface area contributed by atoms with Crippen LogP contribution in [0, 0.1) is 0 Å². The van der Waals surface area contributed by atoms with Crippen LogP contribution in [0.5, 0.6) is 5.75 Å². The van der Waals surface area contributed by atoms with Crippen molar-refractivity contribution in [1.82, 2.24) is 15.0 Å². The molecule has 2 aromatic heterocycles. The summed E-state index contributed by atoms with van der Waals surface area (Å²) >= 11 is 1.87. The summed E-state index contributed by atoms with van der Waals surface area (Å²) in [6.45, 7) is 0. The van der Waals surface area contributed by atoms with E-state index < -0.39 is 0 Å². The molecule has 274 valence electrons. The Bertz CT molecular complexity index is 3260. The highest BCUT2D eigenvalue weighted by Crippen LogP contribution is 2.51. The topological polar surface area (TPSA) is 47.9 Å². The molecule has 58 heavy (non-hydrogen) atoms. The summed E-state index contributed by atoms with van der Waals surface area (Å²) in [7, 11) is 0. The van der Waals surface area contributed by atoms with Crippen LogP contribution in [-0.2, 0) is 0 Å². The number of hydrogen-bond acceptors (Lipinski definition) is 5. The van der Waals surface area contributed by atoms with E-state index in [9.17, 15) is 0 Å². The molecule has 0 bridgehead atoms. The zero-order valence-corrected chi connectivity index (χ0v) is 32.2. The molecule has 4 nitrogen and oxygen atoms in total. The van der Waals surface area contributed by atoms with Gasteiger partial charge < -0.3 is 4.74 Å². The van der Waals surface area contributed by atoms with E-state index in [0.717, 1.165) is 50.9 Å². The number of rotatable bonds is 5. The number of allylic oxidation sites excluding steroid dienone is 6. The van der Waals surface area contributed by atoms with E-state index in [1.807, 2.05) is 11.3 Å². The van der Waals surface area contributed by atoms with Gasteiger partial charge in [0.1, 0.15) is 11.9 Å². The third-order valence-corrected chi connectivity index (χ3v) is 13.2. The van der Waals surface area contributed by atoms with Crippen LogP contribution < -0.4 is 4.74 Å². The van der Waals surface area contributed by atoms with E-state index in [4.69, 9.17) is 19.7 Å². The van der Waals surface area contributed by atoms with Crippen LogP contribution in [0.1, 0.15) is 35.2 Å². The second kappa shape index (κ2) is 13.3. The molecular formula is C53H35N3OS. The van der Waals surface area contributed by atoms with Crippen molar-refractivity contribution in [3.8, 4) is 39.7 Å². The zero-order valence-electron chi connectivity index (χ0n) is 31.4. The molecule has 3 unspecified atom stereocenters. The Morgan fingerprint density at radius 1 is 0.552 bits per heavy atom. The Morgan fingerprint density at radius 3 is 2.21 bits per heavy atom. The molecule has 0 amide bonds. The normalized spacial score (nSPS) is 18.1. The highest BCUT2D eigenvalue weighted by Gasteiger charge is 2.37. The van der Waals surface area contributed by atoms with E-state index in [1.54, 1.807) is 0 Å². The van der Waals surface area contributed by atoms with Crippen LogP contribution in [0.25, 0.3) is 81.2 Å². The molecule has 0 saturated heterocycles. The number of ether oxygens (including phenoxy) is 1. The quantitative estimate of drug-likeness (QED) is 0.175. The second-order valence-electron chi connectivity index (χ2n) is 15.4. The third kappa shape index (κ3) is 5.46. The summed E-state index contributed by atoms with van der Waals surface area (Å²) in [5.74, 6) is 3.20. The molecule has 0 saturated carbocycles. The molecule has 0 radical (unpaired) electrons. The number of aromatic nitrogens is 3. The van der Waals surface area contributed by atoms with Gasteiger partial charge in [0.2, 0.25) is 0 Å². The van der Waals surface area contributed by atoms with Crippen molar-refractivity contribution in [3.63, 3.8) is 0 Å². The lowest BCUT2D eigenvalue weighted by Crippen LogP contribution is -2.16. The summed E-state index contributed by atoms with van der Waals surface area (Å²) in [4.78, 5) is 15.7. The van der Waals surface area contributed by atoms with Crippen molar-refractivity contribution in [3.05, 3.63) is 199 Å². The first-order valence-corrected chi connectivity index (χ1v) is 20.8. The molecule has 0 N–H and O–H groups in total. The molecular weight excluding hydrogens is 727 g/mol. The maximum Gasteiger partial charge on any atom is 0.164 e. The minimum atomic E-state index is -0.114. The van der Waals surface area contributed by atoms with Gasteiger partial charge in [-0.05, 0) is 75.5 Å². The Balaban J connectivity index is 1.02. The molecule has 0 spiro atoms. The van der Waals surface area contributed by atoms with Gasteiger partial charge >= 0.3 is 0 Å². The molecule has 0 fully saturated rings. The fourth-order valence-corrected chi connectivity index (χ4v) is 10.3. The fourth-order valence-electron chi connectivity index (χ4n) is 9.06. The Labute approximate surface area is 339 Å². The van der Waals surface area contributed by atoms with Crippen LogP contribution in [0.3, 0.4) is 0 Å². The Kier molecular flexibility index (Phi) is 7.63. The van der Waals surface area contributed by atoms with Crippen LogP contribution in [0.2, 0.25) is 0 Å². The van der Waals surface area contributed by atoms with Gasteiger partial charge in [0.05, 0.1) is 0 Å². The van der Waals surface area contributed by atoms with Gasteiger partial charge in [-0.2, -0.15) is 0 Å². The molecule has 9 aromatic rings. The van der Waals surface area contributed by atoms with Gasteiger partial charge in [-0.3, -0.25) is 0 Å². The van der Waals surface area contributed by atoms with Gasteiger partial charge in [0, 0.05) is 59.8 Å². The summed E-state index contributed by atoms with van der Waals surface area (Å²) in [5, 5.41) is 7.45. The monoisotopic (exact) mass is 761 g/mol. The van der Waals surface area contributed by atoms with Crippen LogP contribution in [0.4, 0.5) is 0 Å². The predicted molar refractivity (Wildman–Crippen MR) is 240 cm³/mol. The summed E-state index contributed by atoms with van der Waals surface area (Å²) in [5.41, 5.74) is 7.56. The first-order valence-electron chi connectivity index (χ1n) is 19.9. The molecule has 7 aromatic carbocycles. The van der Waals surface area contributed by atoms with Crippen molar-refractivity contribution in [1.29, 1.82) is 0 Å². The summed E-state index contributed by atoms with van der Waals surface area (Å²) < 4.78 is 9.54. The van der Waals surface area contributed by atoms with E-state index >= 15 is 0 Å². The zero-order chi connectivity index (χ0) is 38.2. The average molecular weight is 762 g/mol. The summed E-state index contributed by atoms with van der Waals surface area (Å²) in [6.07, 6.45) is 16.1. The SMILES string of the molecule is C1=CC2Oc3c(-c4ccc5sc6c7ccccc7ccc6c5c4)ccc(-c4nc(C5=CCC(c6ccccc6)C=C5)nc(-c5ccc6ccccc6c5)n4)c3C2C=C1. The number of nitrogens with zero attached hydrogens (tertiary/aromatic N) is 3. The molecule has 1 aliphatic heterocycles. The lowest BCUT2D eigenvalue weighted by molar-refractivity contribution is 0.270. The fraction of sp³-hybridized carbons (Fsp3) is 0.0755. The highest BCUT2D eigenvalue weighted by molar-refractivity contribution is 7.26. The molecule has 3 heterocycles. The number of hydrogen-bond donors (Lipinski definition) is 0. The smallest absolute Gasteiger partial charge is 0.164 e. The van der Waals surface area contributed by atoms with E-state index in [2.05, 4.69) is 182 Å². The molecule has 5 heteroatoms. The number of benzene rings is 7. The van der Waals surface area contributed by atoms with Gasteiger partial charge in [0.15, 0.2) is 17.5 Å². The van der Waals surface area contributed by atoms with E-state index in [1.165, 1.54) is 41.9 Å². The maximum atomic E-state index is 6.93. The van der Waals surface area contributed by atoms with Crippen molar-refractivity contribution in [2.75, 3.05) is 0 Å². The van der Waals surface area contributed by atoms with Crippen molar-refractivity contribution in [2.24, 2.45) is 0 Å². The molecule has 3 atom stereocenters.